The summed E-state index contributed by atoms with van der Waals surface area (Å²) in [7, 11) is 0. The summed E-state index contributed by atoms with van der Waals surface area (Å²) in [6.45, 7) is 3.80. The van der Waals surface area contributed by atoms with Crippen molar-refractivity contribution in [3.8, 4) is 0 Å². The van der Waals surface area contributed by atoms with Crippen LogP contribution >= 0.6 is 36.4 Å². The Hall–Kier alpha value is -0.560. The first-order valence-electron chi connectivity index (χ1n) is 9.74. The highest BCUT2D eigenvalue weighted by Gasteiger charge is 2.49. The van der Waals surface area contributed by atoms with Gasteiger partial charge < -0.3 is 15.8 Å². The van der Waals surface area contributed by atoms with Crippen molar-refractivity contribution < 1.29 is 9.53 Å². The predicted octanol–water partition coefficient (Wildman–Crippen LogP) is 3.05. The van der Waals surface area contributed by atoms with Gasteiger partial charge >= 0.3 is 0 Å². The van der Waals surface area contributed by atoms with Gasteiger partial charge in [-0.1, -0.05) is 23.7 Å². The van der Waals surface area contributed by atoms with Gasteiger partial charge in [0, 0.05) is 30.7 Å². The summed E-state index contributed by atoms with van der Waals surface area (Å²) in [5.41, 5.74) is 7.51. The molecule has 1 heterocycles. The minimum atomic E-state index is -0.00990. The van der Waals surface area contributed by atoms with Crippen LogP contribution in [0.5, 0.6) is 0 Å². The van der Waals surface area contributed by atoms with E-state index in [0.29, 0.717) is 18.4 Å². The Morgan fingerprint density at radius 3 is 2.43 bits per heavy atom. The molecule has 3 N–H and O–H groups in total. The quantitative estimate of drug-likeness (QED) is 0.723. The highest BCUT2D eigenvalue weighted by molar-refractivity contribution is 6.30. The molecule has 2 aliphatic carbocycles. The molecule has 2 saturated carbocycles. The van der Waals surface area contributed by atoms with Gasteiger partial charge in [0.05, 0.1) is 25.2 Å². The number of amides is 1. The zero-order valence-electron chi connectivity index (χ0n) is 15.9. The number of carbonyl (C=O) groups excluding carboxylic acids is 1. The number of carbonyl (C=O) groups is 1. The first-order chi connectivity index (χ1) is 12.6. The average Bonchev–Trinajstić information content (AvgIpc) is 3.25. The van der Waals surface area contributed by atoms with E-state index in [9.17, 15) is 4.79 Å². The number of nitrogens with one attached hydrogen (secondary N) is 1. The molecular weight excluding hydrogens is 421 g/mol. The molecule has 158 valence electrons. The second-order valence-corrected chi connectivity index (χ2v) is 8.33. The Kier molecular flexibility index (Phi) is 8.86. The number of benzene rings is 1. The molecule has 3 fully saturated rings. The van der Waals surface area contributed by atoms with Gasteiger partial charge in [0.25, 0.3) is 0 Å². The van der Waals surface area contributed by atoms with Crippen molar-refractivity contribution in [2.45, 2.75) is 31.3 Å². The monoisotopic (exact) mass is 449 g/mol. The molecule has 4 rings (SSSR count). The predicted molar refractivity (Wildman–Crippen MR) is 116 cm³/mol. The molecule has 1 amide bonds. The van der Waals surface area contributed by atoms with Crippen LogP contribution in [-0.2, 0) is 9.53 Å². The number of nitrogens with two attached hydrogens (primary N) is 1. The van der Waals surface area contributed by atoms with Crippen molar-refractivity contribution in [3.63, 3.8) is 0 Å². The van der Waals surface area contributed by atoms with E-state index in [1.165, 1.54) is 12.0 Å². The van der Waals surface area contributed by atoms with Crippen LogP contribution < -0.4 is 11.1 Å². The van der Waals surface area contributed by atoms with Crippen molar-refractivity contribution in [3.05, 3.63) is 34.9 Å². The molecule has 3 aliphatic rings. The molecule has 0 spiro atoms. The van der Waals surface area contributed by atoms with Crippen LogP contribution in [0.3, 0.4) is 0 Å². The summed E-state index contributed by atoms with van der Waals surface area (Å²) in [5.74, 6) is 1.15. The number of morpholine rings is 1. The van der Waals surface area contributed by atoms with Gasteiger partial charge in [0.1, 0.15) is 0 Å². The third kappa shape index (κ3) is 4.94. The Morgan fingerprint density at radius 1 is 1.18 bits per heavy atom. The van der Waals surface area contributed by atoms with Gasteiger partial charge in [0.15, 0.2) is 0 Å². The van der Waals surface area contributed by atoms with E-state index in [2.05, 4.69) is 22.3 Å². The fourth-order valence-electron chi connectivity index (χ4n) is 5.07. The van der Waals surface area contributed by atoms with Crippen LogP contribution in [-0.4, -0.2) is 49.7 Å². The van der Waals surface area contributed by atoms with Crippen LogP contribution in [0.1, 0.15) is 30.9 Å². The fraction of sp³-hybridized carbons (Fsp3) is 0.650. The molecule has 1 aliphatic heterocycles. The van der Waals surface area contributed by atoms with Gasteiger partial charge in [-0.25, -0.2) is 0 Å². The molecule has 2 bridgehead atoms. The van der Waals surface area contributed by atoms with Crippen LogP contribution in [0.2, 0.25) is 5.02 Å². The first-order valence-corrected chi connectivity index (χ1v) is 10.1. The molecule has 5 nitrogen and oxygen atoms in total. The number of hydrogen-bond donors (Lipinski definition) is 2. The molecule has 5 unspecified atom stereocenters. The second-order valence-electron chi connectivity index (χ2n) is 7.90. The Bertz CT molecular complexity index is 638. The van der Waals surface area contributed by atoms with Gasteiger partial charge in [-0.3, -0.25) is 9.69 Å². The zero-order chi connectivity index (χ0) is 18.1. The minimum absolute atomic E-state index is 0. The Morgan fingerprint density at radius 2 is 1.82 bits per heavy atom. The lowest BCUT2D eigenvalue weighted by Crippen LogP contribution is -2.48. The Labute approximate surface area is 184 Å². The lowest BCUT2D eigenvalue weighted by atomic mass is 9.84. The van der Waals surface area contributed by atoms with E-state index in [1.807, 2.05) is 12.1 Å². The molecule has 1 saturated heterocycles. The number of halogens is 3. The molecule has 1 aromatic carbocycles. The summed E-state index contributed by atoms with van der Waals surface area (Å²) in [6.07, 6.45) is 3.47. The third-order valence-electron chi connectivity index (χ3n) is 6.49. The number of rotatable bonds is 5. The summed E-state index contributed by atoms with van der Waals surface area (Å²) >= 11 is 6.05. The van der Waals surface area contributed by atoms with E-state index in [4.69, 9.17) is 22.1 Å². The van der Waals surface area contributed by atoms with Gasteiger partial charge in [-0.05, 0) is 48.8 Å². The highest BCUT2D eigenvalue weighted by atomic mass is 35.5. The van der Waals surface area contributed by atoms with Crippen molar-refractivity contribution in [1.82, 2.24) is 10.2 Å². The number of nitrogens with zero attached hydrogens (tertiary/aromatic N) is 1. The highest BCUT2D eigenvalue weighted by Crippen LogP contribution is 2.47. The van der Waals surface area contributed by atoms with Crippen molar-refractivity contribution in [2.24, 2.45) is 23.5 Å². The van der Waals surface area contributed by atoms with Crippen LogP contribution in [0.15, 0.2) is 24.3 Å². The average molecular weight is 451 g/mol. The number of ether oxygens (including phenoxy) is 1. The maximum atomic E-state index is 12.9. The van der Waals surface area contributed by atoms with Crippen LogP contribution in [0.4, 0.5) is 0 Å². The maximum absolute atomic E-state index is 12.9. The van der Waals surface area contributed by atoms with E-state index < -0.39 is 0 Å². The standard InChI is InChI=1S/C20H28ClN3O2.2ClH/c21-16-5-3-13(4-6-16)17(24-7-9-26-10-8-24)12-23-20(25)18-14-1-2-15(11-14)19(18)22;;/h3-6,14-15,17-19H,1-2,7-12,22H2,(H,23,25);2*1H. The third-order valence-corrected chi connectivity index (χ3v) is 6.75. The van der Waals surface area contributed by atoms with E-state index >= 15 is 0 Å². The first kappa shape index (κ1) is 23.7. The SMILES string of the molecule is Cl.Cl.NC1C2CCC(C2)C1C(=O)NCC(c1ccc(Cl)cc1)N1CCOCC1. The maximum Gasteiger partial charge on any atom is 0.225 e. The largest absolute Gasteiger partial charge is 0.379 e. The lowest BCUT2D eigenvalue weighted by Gasteiger charge is -2.35. The number of fused-ring (bicyclic) bond motifs is 2. The molecular formula is C20H30Cl3N3O2. The summed E-state index contributed by atoms with van der Waals surface area (Å²) < 4.78 is 5.49. The molecule has 0 aromatic heterocycles. The van der Waals surface area contributed by atoms with Crippen molar-refractivity contribution >= 4 is 42.3 Å². The molecule has 0 radical (unpaired) electrons. The summed E-state index contributed by atoms with van der Waals surface area (Å²) in [5, 5.41) is 3.94. The van der Waals surface area contributed by atoms with Crippen molar-refractivity contribution in [1.29, 1.82) is 0 Å². The van der Waals surface area contributed by atoms with Gasteiger partial charge in [0.2, 0.25) is 5.91 Å². The number of hydrogen-bond acceptors (Lipinski definition) is 4. The molecule has 1 aromatic rings. The van der Waals surface area contributed by atoms with E-state index in [1.54, 1.807) is 0 Å². The van der Waals surface area contributed by atoms with E-state index in [-0.39, 0.29) is 48.7 Å². The zero-order valence-corrected chi connectivity index (χ0v) is 18.3. The van der Waals surface area contributed by atoms with Gasteiger partial charge in [-0.2, -0.15) is 0 Å². The Balaban J connectivity index is 0.00000140. The summed E-state index contributed by atoms with van der Waals surface area (Å²) in [6, 6.07) is 8.10. The summed E-state index contributed by atoms with van der Waals surface area (Å²) in [4.78, 5) is 15.2. The van der Waals surface area contributed by atoms with Gasteiger partial charge in [-0.15, -0.1) is 24.8 Å². The van der Waals surface area contributed by atoms with Crippen LogP contribution in [0.25, 0.3) is 0 Å². The molecule has 5 atom stereocenters. The lowest BCUT2D eigenvalue weighted by molar-refractivity contribution is -0.127. The topological polar surface area (TPSA) is 67.6 Å². The fourth-order valence-corrected chi connectivity index (χ4v) is 5.20. The minimum Gasteiger partial charge on any atom is -0.379 e. The van der Waals surface area contributed by atoms with E-state index in [0.717, 1.165) is 44.2 Å². The normalized spacial score (nSPS) is 30.2. The molecule has 28 heavy (non-hydrogen) atoms. The second kappa shape index (κ2) is 10.5. The van der Waals surface area contributed by atoms with Crippen molar-refractivity contribution in [2.75, 3.05) is 32.8 Å². The smallest absolute Gasteiger partial charge is 0.225 e. The van der Waals surface area contributed by atoms with Crippen LogP contribution in [0, 0.1) is 17.8 Å². The molecule has 8 heteroatoms.